The van der Waals surface area contributed by atoms with Crippen LogP contribution in [-0.4, -0.2) is 47.9 Å². The Morgan fingerprint density at radius 2 is 1.85 bits per heavy atom. The molecule has 1 aliphatic heterocycles. The number of anilines is 1. The van der Waals surface area contributed by atoms with Crippen molar-refractivity contribution in [2.24, 2.45) is 5.92 Å². The highest BCUT2D eigenvalue weighted by Crippen LogP contribution is 2.23. The van der Waals surface area contributed by atoms with Gasteiger partial charge in [-0.2, -0.15) is 0 Å². The van der Waals surface area contributed by atoms with Crippen molar-refractivity contribution in [1.29, 1.82) is 0 Å². The van der Waals surface area contributed by atoms with Gasteiger partial charge in [0.15, 0.2) is 11.6 Å². The van der Waals surface area contributed by atoms with E-state index in [-0.39, 0.29) is 23.6 Å². The van der Waals surface area contributed by atoms with Crippen LogP contribution in [0, 0.1) is 11.7 Å². The maximum absolute atomic E-state index is 13.6. The van der Waals surface area contributed by atoms with Crippen LogP contribution in [0.2, 0.25) is 0 Å². The lowest BCUT2D eigenvalue weighted by atomic mass is 9.97. The molecule has 2 aromatic rings. The summed E-state index contributed by atoms with van der Waals surface area (Å²) >= 11 is 0. The third kappa shape index (κ3) is 4.98. The molecule has 0 atom stereocenters. The number of carbonyl (C=O) groups is 1. The topological polar surface area (TPSA) is 101 Å². The van der Waals surface area contributed by atoms with Gasteiger partial charge < -0.3 is 10.1 Å². The van der Waals surface area contributed by atoms with Crippen molar-refractivity contribution in [3.8, 4) is 11.8 Å². The minimum Gasteiger partial charge on any atom is -0.421 e. The first-order valence-electron chi connectivity index (χ1n) is 8.33. The molecule has 1 fully saturated rings. The Bertz CT molecular complexity index is 913. The van der Waals surface area contributed by atoms with Crippen LogP contribution >= 0.6 is 0 Å². The van der Waals surface area contributed by atoms with Gasteiger partial charge in [0, 0.05) is 19.0 Å². The van der Waals surface area contributed by atoms with E-state index >= 15 is 0 Å². The molecule has 1 amide bonds. The number of nitrogens with zero attached hydrogens (tertiary/aromatic N) is 3. The maximum Gasteiger partial charge on any atom is 0.322 e. The molecule has 2 heterocycles. The molecule has 0 bridgehead atoms. The van der Waals surface area contributed by atoms with Gasteiger partial charge >= 0.3 is 6.01 Å². The molecule has 0 spiro atoms. The number of ether oxygens (including phenoxy) is 1. The SMILES string of the molecule is CS(=O)(=O)N1CCC(C(=O)Nc2cnc(Oc3ccccc3F)nc2)CC1. The number of nitrogens with one attached hydrogen (secondary N) is 1. The number of sulfonamides is 1. The van der Waals surface area contributed by atoms with Crippen LogP contribution in [0.5, 0.6) is 11.8 Å². The molecule has 10 heteroatoms. The number of benzene rings is 1. The summed E-state index contributed by atoms with van der Waals surface area (Å²) in [6.07, 6.45) is 4.80. The summed E-state index contributed by atoms with van der Waals surface area (Å²) in [6.45, 7) is 0.645. The Balaban J connectivity index is 1.55. The van der Waals surface area contributed by atoms with Gasteiger partial charge in [-0.1, -0.05) is 12.1 Å². The molecule has 3 rings (SSSR count). The average Bonchev–Trinajstić information content (AvgIpc) is 2.64. The number of para-hydroxylation sites is 1. The second-order valence-electron chi connectivity index (χ2n) is 6.21. The van der Waals surface area contributed by atoms with Gasteiger partial charge in [-0.3, -0.25) is 4.79 Å². The first-order valence-corrected chi connectivity index (χ1v) is 10.2. The van der Waals surface area contributed by atoms with Gasteiger partial charge in [-0.25, -0.2) is 27.1 Å². The number of halogens is 1. The van der Waals surface area contributed by atoms with Gasteiger partial charge in [0.2, 0.25) is 15.9 Å². The van der Waals surface area contributed by atoms with Gasteiger partial charge in [0.25, 0.3) is 0 Å². The zero-order valence-corrected chi connectivity index (χ0v) is 15.4. The van der Waals surface area contributed by atoms with Crippen molar-refractivity contribution >= 4 is 21.6 Å². The van der Waals surface area contributed by atoms with Crippen LogP contribution < -0.4 is 10.1 Å². The predicted octanol–water partition coefficient (Wildman–Crippen LogP) is 2.02. The Kier molecular flexibility index (Phi) is 5.66. The smallest absolute Gasteiger partial charge is 0.322 e. The van der Waals surface area contributed by atoms with E-state index in [1.54, 1.807) is 12.1 Å². The van der Waals surface area contributed by atoms with E-state index in [0.717, 1.165) is 6.26 Å². The highest BCUT2D eigenvalue weighted by atomic mass is 32.2. The van der Waals surface area contributed by atoms with Gasteiger partial charge in [0.1, 0.15) is 0 Å². The number of piperidine rings is 1. The van der Waals surface area contributed by atoms with Crippen molar-refractivity contribution < 1.29 is 22.3 Å². The number of carbonyl (C=O) groups excluding carboxylic acids is 1. The minimum atomic E-state index is -3.23. The monoisotopic (exact) mass is 394 g/mol. The molecule has 8 nitrogen and oxygen atoms in total. The molecule has 1 aliphatic rings. The first-order chi connectivity index (χ1) is 12.8. The normalized spacial score (nSPS) is 16.1. The van der Waals surface area contributed by atoms with E-state index in [1.807, 2.05) is 0 Å². The van der Waals surface area contributed by atoms with Gasteiger partial charge in [0.05, 0.1) is 24.3 Å². The molecule has 144 valence electrons. The summed E-state index contributed by atoms with van der Waals surface area (Å²) in [5, 5.41) is 2.71. The molecule has 27 heavy (non-hydrogen) atoms. The Morgan fingerprint density at radius 3 is 2.44 bits per heavy atom. The minimum absolute atomic E-state index is 0.00641. The zero-order valence-electron chi connectivity index (χ0n) is 14.6. The van der Waals surface area contributed by atoms with Crippen molar-refractivity contribution in [2.45, 2.75) is 12.8 Å². The lowest BCUT2D eigenvalue weighted by Crippen LogP contribution is -2.40. The zero-order chi connectivity index (χ0) is 19.4. The van der Waals surface area contributed by atoms with Crippen molar-refractivity contribution in [1.82, 2.24) is 14.3 Å². The molecule has 1 N–H and O–H groups in total. The molecule has 0 aliphatic carbocycles. The lowest BCUT2D eigenvalue weighted by Gasteiger charge is -2.29. The maximum atomic E-state index is 13.6. The quantitative estimate of drug-likeness (QED) is 0.833. The fourth-order valence-electron chi connectivity index (χ4n) is 2.75. The average molecular weight is 394 g/mol. The summed E-state index contributed by atoms with van der Waals surface area (Å²) in [5.41, 5.74) is 0.381. The summed E-state index contributed by atoms with van der Waals surface area (Å²) in [4.78, 5) is 20.2. The molecule has 1 saturated heterocycles. The molecular formula is C17H19FN4O4S. The number of hydrogen-bond donors (Lipinski definition) is 1. The molecule has 0 saturated carbocycles. The van der Waals surface area contributed by atoms with Crippen molar-refractivity contribution in [3.05, 3.63) is 42.5 Å². The summed E-state index contributed by atoms with van der Waals surface area (Å²) in [6, 6.07) is 5.85. The highest BCUT2D eigenvalue weighted by Gasteiger charge is 2.29. The van der Waals surface area contributed by atoms with E-state index in [0.29, 0.717) is 31.6 Å². The predicted molar refractivity (Wildman–Crippen MR) is 96.3 cm³/mol. The van der Waals surface area contributed by atoms with Crippen LogP contribution in [0.3, 0.4) is 0 Å². The number of rotatable bonds is 5. The number of amides is 1. The third-order valence-corrected chi connectivity index (χ3v) is 5.53. The van der Waals surface area contributed by atoms with Crippen molar-refractivity contribution in [2.75, 3.05) is 24.7 Å². The van der Waals surface area contributed by atoms with E-state index in [9.17, 15) is 17.6 Å². The largest absolute Gasteiger partial charge is 0.421 e. The van der Waals surface area contributed by atoms with Crippen LogP contribution in [0.25, 0.3) is 0 Å². The van der Waals surface area contributed by atoms with Crippen LogP contribution in [0.4, 0.5) is 10.1 Å². The molecule has 0 radical (unpaired) electrons. The summed E-state index contributed by atoms with van der Waals surface area (Å²) in [5.74, 6) is -1.02. The first kappa shape index (κ1) is 19.2. The molecule has 1 aromatic carbocycles. The van der Waals surface area contributed by atoms with E-state index < -0.39 is 15.8 Å². The summed E-state index contributed by atoms with van der Waals surface area (Å²) in [7, 11) is -3.23. The molecular weight excluding hydrogens is 375 g/mol. The van der Waals surface area contributed by atoms with Crippen LogP contribution in [-0.2, 0) is 14.8 Å². The fraction of sp³-hybridized carbons (Fsp3) is 0.353. The van der Waals surface area contributed by atoms with E-state index in [1.165, 1.54) is 28.8 Å². The standard InChI is InChI=1S/C17H19FN4O4S/c1-27(24,25)22-8-6-12(7-9-22)16(23)21-13-10-19-17(20-11-13)26-15-5-3-2-4-14(15)18/h2-5,10-12H,6-9H2,1H3,(H,21,23). The van der Waals surface area contributed by atoms with Crippen molar-refractivity contribution in [3.63, 3.8) is 0 Å². The van der Waals surface area contributed by atoms with Crippen LogP contribution in [0.15, 0.2) is 36.7 Å². The van der Waals surface area contributed by atoms with Gasteiger partial charge in [-0.05, 0) is 25.0 Å². The van der Waals surface area contributed by atoms with Crippen LogP contribution in [0.1, 0.15) is 12.8 Å². The fourth-order valence-corrected chi connectivity index (χ4v) is 3.63. The Labute approximate surface area is 156 Å². The lowest BCUT2D eigenvalue weighted by molar-refractivity contribution is -0.120. The molecule has 1 aromatic heterocycles. The number of aromatic nitrogens is 2. The second-order valence-corrected chi connectivity index (χ2v) is 8.19. The summed E-state index contributed by atoms with van der Waals surface area (Å²) < 4.78 is 43.2. The third-order valence-electron chi connectivity index (χ3n) is 4.23. The van der Waals surface area contributed by atoms with Gasteiger partial charge in [-0.15, -0.1) is 0 Å². The molecule has 0 unspecified atom stereocenters. The second kappa shape index (κ2) is 7.97. The Morgan fingerprint density at radius 1 is 1.22 bits per heavy atom. The number of hydrogen-bond acceptors (Lipinski definition) is 6. The van der Waals surface area contributed by atoms with E-state index in [2.05, 4.69) is 15.3 Å². The highest BCUT2D eigenvalue weighted by molar-refractivity contribution is 7.88. The van der Waals surface area contributed by atoms with E-state index in [4.69, 9.17) is 4.74 Å². The Hall–Kier alpha value is -2.59.